The first-order valence-electron chi connectivity index (χ1n) is 10.7. The van der Waals surface area contributed by atoms with E-state index in [1.807, 2.05) is 45.0 Å². The third-order valence-electron chi connectivity index (χ3n) is 4.64. The van der Waals surface area contributed by atoms with Gasteiger partial charge in [-0.15, -0.1) is 0 Å². The Labute approximate surface area is 204 Å². The van der Waals surface area contributed by atoms with Crippen LogP contribution in [0.5, 0.6) is 11.5 Å². The number of aryl methyl sites for hydroxylation is 1. The number of fused-ring (bicyclic) bond motifs is 1. The molecule has 0 bridgehead atoms. The molecule has 0 saturated heterocycles. The van der Waals surface area contributed by atoms with Crippen LogP contribution in [-0.2, 0) is 6.42 Å². The van der Waals surface area contributed by atoms with Crippen molar-refractivity contribution in [2.75, 3.05) is 6.61 Å². The van der Waals surface area contributed by atoms with Crippen molar-refractivity contribution in [3.05, 3.63) is 61.0 Å². The van der Waals surface area contributed by atoms with E-state index in [2.05, 4.69) is 43.9 Å². The summed E-state index contributed by atoms with van der Waals surface area (Å²) in [5, 5.41) is 5.05. The van der Waals surface area contributed by atoms with E-state index < -0.39 is 0 Å². The zero-order valence-corrected chi connectivity index (χ0v) is 21.9. The summed E-state index contributed by atoms with van der Waals surface area (Å²) < 4.78 is 14.7. The molecule has 3 aromatic rings. The van der Waals surface area contributed by atoms with Gasteiger partial charge in [-0.05, 0) is 79.0 Å². The van der Waals surface area contributed by atoms with Crippen LogP contribution in [0.3, 0.4) is 0 Å². The molecule has 0 saturated carbocycles. The SMILES string of the molecule is CCCCc1nc2ccc(Br)cc2c(=O)n1N=Cc1cc(Br)c(OC(C)C)c(OCC)c1. The maximum atomic E-state index is 13.2. The smallest absolute Gasteiger partial charge is 0.282 e. The standard InChI is InChI=1S/C24H27Br2N3O3/c1-5-7-8-22-28-20-10-9-17(25)13-18(20)24(30)29(22)27-14-16-11-19(26)23(32-15(3)4)21(12-16)31-6-2/h9-15H,5-8H2,1-4H3. The van der Waals surface area contributed by atoms with Gasteiger partial charge in [0.05, 0.1) is 34.3 Å². The molecular weight excluding hydrogens is 538 g/mol. The van der Waals surface area contributed by atoms with Gasteiger partial charge >= 0.3 is 0 Å². The molecule has 8 heteroatoms. The number of aromatic nitrogens is 2. The van der Waals surface area contributed by atoms with Crippen LogP contribution < -0.4 is 15.0 Å². The lowest BCUT2D eigenvalue weighted by atomic mass is 10.2. The summed E-state index contributed by atoms with van der Waals surface area (Å²) in [7, 11) is 0. The summed E-state index contributed by atoms with van der Waals surface area (Å²) in [6, 6.07) is 9.27. The van der Waals surface area contributed by atoms with Crippen LogP contribution in [0.15, 0.2) is 49.2 Å². The highest BCUT2D eigenvalue weighted by Crippen LogP contribution is 2.37. The predicted molar refractivity (Wildman–Crippen MR) is 136 cm³/mol. The van der Waals surface area contributed by atoms with Gasteiger partial charge < -0.3 is 9.47 Å². The second-order valence-electron chi connectivity index (χ2n) is 7.58. The molecule has 0 radical (unpaired) electrons. The molecule has 0 N–H and O–H groups in total. The average Bonchev–Trinajstić information content (AvgIpc) is 2.74. The molecule has 0 spiro atoms. The molecule has 2 aromatic carbocycles. The van der Waals surface area contributed by atoms with Crippen LogP contribution in [0.25, 0.3) is 10.9 Å². The van der Waals surface area contributed by atoms with E-state index in [4.69, 9.17) is 14.5 Å². The number of unbranched alkanes of at least 4 members (excludes halogenated alkanes) is 1. The Balaban J connectivity index is 2.08. The number of benzene rings is 2. The summed E-state index contributed by atoms with van der Waals surface area (Å²) in [6.07, 6.45) is 4.25. The minimum atomic E-state index is -0.192. The van der Waals surface area contributed by atoms with Crippen LogP contribution in [0.4, 0.5) is 0 Å². The number of hydrogen-bond acceptors (Lipinski definition) is 5. The van der Waals surface area contributed by atoms with Crippen LogP contribution in [0.2, 0.25) is 0 Å². The lowest BCUT2D eigenvalue weighted by molar-refractivity contribution is 0.222. The zero-order chi connectivity index (χ0) is 23.3. The molecule has 1 heterocycles. The zero-order valence-electron chi connectivity index (χ0n) is 18.7. The van der Waals surface area contributed by atoms with E-state index in [0.29, 0.717) is 41.3 Å². The van der Waals surface area contributed by atoms with Gasteiger partial charge in [-0.2, -0.15) is 9.78 Å². The van der Waals surface area contributed by atoms with Crippen molar-refractivity contribution in [1.82, 2.24) is 9.66 Å². The van der Waals surface area contributed by atoms with Crippen molar-refractivity contribution < 1.29 is 9.47 Å². The number of rotatable bonds is 9. The van der Waals surface area contributed by atoms with Crippen LogP contribution in [0, 0.1) is 0 Å². The van der Waals surface area contributed by atoms with Gasteiger partial charge in [0.15, 0.2) is 11.5 Å². The molecular formula is C24H27Br2N3O3. The maximum Gasteiger partial charge on any atom is 0.282 e. The summed E-state index contributed by atoms with van der Waals surface area (Å²) in [4.78, 5) is 17.9. The molecule has 6 nitrogen and oxygen atoms in total. The Hall–Kier alpha value is -2.19. The van der Waals surface area contributed by atoms with Gasteiger partial charge in [0.2, 0.25) is 0 Å². The second kappa shape index (κ2) is 11.1. The molecule has 32 heavy (non-hydrogen) atoms. The second-order valence-corrected chi connectivity index (χ2v) is 9.35. The van der Waals surface area contributed by atoms with Crippen molar-refractivity contribution in [2.24, 2.45) is 5.10 Å². The average molecular weight is 565 g/mol. The minimum Gasteiger partial charge on any atom is -0.490 e. The van der Waals surface area contributed by atoms with Crippen LogP contribution in [0.1, 0.15) is 51.9 Å². The van der Waals surface area contributed by atoms with Crippen LogP contribution in [-0.4, -0.2) is 28.6 Å². The largest absolute Gasteiger partial charge is 0.490 e. The lowest BCUT2D eigenvalue weighted by Gasteiger charge is -2.16. The molecule has 3 rings (SSSR count). The van der Waals surface area contributed by atoms with Crippen molar-refractivity contribution in [1.29, 1.82) is 0 Å². The molecule has 0 unspecified atom stereocenters. The van der Waals surface area contributed by atoms with Crippen molar-refractivity contribution >= 4 is 49.0 Å². The van der Waals surface area contributed by atoms with E-state index in [0.717, 1.165) is 27.4 Å². The summed E-state index contributed by atoms with van der Waals surface area (Å²) in [5.74, 6) is 1.92. The fraction of sp³-hybridized carbons (Fsp3) is 0.375. The van der Waals surface area contributed by atoms with E-state index in [1.165, 1.54) is 4.68 Å². The van der Waals surface area contributed by atoms with Gasteiger partial charge in [0.1, 0.15) is 5.82 Å². The van der Waals surface area contributed by atoms with Gasteiger partial charge in [-0.1, -0.05) is 29.3 Å². The maximum absolute atomic E-state index is 13.2. The highest BCUT2D eigenvalue weighted by molar-refractivity contribution is 9.10. The minimum absolute atomic E-state index is 0.00715. The molecule has 170 valence electrons. The third kappa shape index (κ3) is 5.78. The molecule has 0 amide bonds. The summed E-state index contributed by atoms with van der Waals surface area (Å²) in [6.45, 7) is 8.47. The number of halogens is 2. The Kier molecular flexibility index (Phi) is 8.48. The quantitative estimate of drug-likeness (QED) is 0.285. The molecule has 0 fully saturated rings. The Morgan fingerprint density at radius 1 is 1.19 bits per heavy atom. The highest BCUT2D eigenvalue weighted by atomic mass is 79.9. The Morgan fingerprint density at radius 3 is 2.66 bits per heavy atom. The van der Waals surface area contributed by atoms with Crippen molar-refractivity contribution in [3.8, 4) is 11.5 Å². The van der Waals surface area contributed by atoms with Gasteiger partial charge in [-0.3, -0.25) is 4.79 Å². The fourth-order valence-electron chi connectivity index (χ4n) is 3.21. The first kappa shape index (κ1) is 24.5. The highest BCUT2D eigenvalue weighted by Gasteiger charge is 2.14. The van der Waals surface area contributed by atoms with Crippen molar-refractivity contribution in [3.63, 3.8) is 0 Å². The number of nitrogens with zero attached hydrogens (tertiary/aromatic N) is 3. The van der Waals surface area contributed by atoms with Crippen LogP contribution >= 0.6 is 31.9 Å². The van der Waals surface area contributed by atoms with E-state index in [9.17, 15) is 4.79 Å². The fourth-order valence-corrected chi connectivity index (χ4v) is 4.12. The molecule has 0 aliphatic heterocycles. The van der Waals surface area contributed by atoms with Gasteiger partial charge in [-0.25, -0.2) is 4.98 Å². The third-order valence-corrected chi connectivity index (χ3v) is 5.72. The summed E-state index contributed by atoms with van der Waals surface area (Å²) >= 11 is 7.01. The Bertz CT molecular complexity index is 1190. The van der Waals surface area contributed by atoms with Gasteiger partial charge in [0, 0.05) is 10.9 Å². The molecule has 0 aliphatic rings. The molecule has 0 atom stereocenters. The van der Waals surface area contributed by atoms with E-state index in [1.54, 1.807) is 12.3 Å². The lowest BCUT2D eigenvalue weighted by Crippen LogP contribution is -2.22. The summed E-state index contributed by atoms with van der Waals surface area (Å²) in [5.41, 5.74) is 1.26. The van der Waals surface area contributed by atoms with Gasteiger partial charge in [0.25, 0.3) is 5.56 Å². The Morgan fingerprint density at radius 2 is 1.97 bits per heavy atom. The first-order chi connectivity index (χ1) is 15.3. The predicted octanol–water partition coefficient (Wildman–Crippen LogP) is 6.33. The monoisotopic (exact) mass is 563 g/mol. The molecule has 1 aromatic heterocycles. The molecule has 0 aliphatic carbocycles. The number of ether oxygens (including phenoxy) is 2. The number of hydrogen-bond donors (Lipinski definition) is 0. The van der Waals surface area contributed by atoms with Crippen molar-refractivity contribution in [2.45, 2.75) is 53.1 Å². The first-order valence-corrected chi connectivity index (χ1v) is 12.3. The normalized spacial score (nSPS) is 11.6. The topological polar surface area (TPSA) is 65.7 Å². The van der Waals surface area contributed by atoms with E-state index >= 15 is 0 Å². The van der Waals surface area contributed by atoms with E-state index in [-0.39, 0.29) is 11.7 Å².